The molecule has 1 fully saturated rings. The van der Waals surface area contributed by atoms with Crippen molar-refractivity contribution in [3.05, 3.63) is 59.7 Å². The van der Waals surface area contributed by atoms with E-state index in [-0.39, 0.29) is 16.9 Å². The van der Waals surface area contributed by atoms with Gasteiger partial charge < -0.3 is 19.7 Å². The second kappa shape index (κ2) is 11.4. The molecule has 0 saturated carbocycles. The number of methoxy groups -OCH3 is 1. The van der Waals surface area contributed by atoms with Crippen molar-refractivity contribution in [1.29, 1.82) is 0 Å². The van der Waals surface area contributed by atoms with Gasteiger partial charge in [0.1, 0.15) is 12.4 Å². The van der Waals surface area contributed by atoms with Crippen LogP contribution in [0.4, 0.5) is 5.69 Å². The summed E-state index contributed by atoms with van der Waals surface area (Å²) in [5.74, 6) is 0.279. The normalized spacial score (nSPS) is 13.4. The van der Waals surface area contributed by atoms with Crippen LogP contribution in [-0.4, -0.2) is 55.2 Å². The van der Waals surface area contributed by atoms with Crippen LogP contribution in [0.15, 0.2) is 48.5 Å². The van der Waals surface area contributed by atoms with E-state index in [1.165, 1.54) is 0 Å². The van der Waals surface area contributed by atoms with Gasteiger partial charge in [-0.15, -0.1) is 0 Å². The minimum Gasteiger partial charge on any atom is -0.491 e. The molecule has 2 N–H and O–H groups in total. The second-order valence-electron chi connectivity index (χ2n) is 7.17. The highest BCUT2D eigenvalue weighted by Crippen LogP contribution is 2.20. The highest BCUT2D eigenvalue weighted by atomic mass is 32.1. The standard InChI is InChI=1S/C23H27N3O4S/c1-29-15-16-30-18-11-9-17(10-12-18)21(27)25-23(31)24-20-8-4-3-7-19(20)22(28)26-13-5-2-6-14-26/h3-4,7-12H,2,5-6,13-16H2,1H3,(H2,24,25,27,31). The Kier molecular flexibility index (Phi) is 8.37. The molecule has 1 aliphatic heterocycles. The topological polar surface area (TPSA) is 79.9 Å². The number of nitrogens with zero attached hydrogens (tertiary/aromatic N) is 1. The van der Waals surface area contributed by atoms with E-state index in [0.29, 0.717) is 35.8 Å². The lowest BCUT2D eigenvalue weighted by Gasteiger charge is -2.27. The largest absolute Gasteiger partial charge is 0.491 e. The Bertz CT molecular complexity index is 911. The lowest BCUT2D eigenvalue weighted by Crippen LogP contribution is -2.37. The maximum absolute atomic E-state index is 12.9. The number of carbonyl (C=O) groups is 2. The maximum Gasteiger partial charge on any atom is 0.257 e. The van der Waals surface area contributed by atoms with Crippen molar-refractivity contribution in [2.45, 2.75) is 19.3 Å². The van der Waals surface area contributed by atoms with Gasteiger partial charge in [-0.2, -0.15) is 0 Å². The van der Waals surface area contributed by atoms with Gasteiger partial charge in [0.2, 0.25) is 0 Å². The van der Waals surface area contributed by atoms with E-state index >= 15 is 0 Å². The number of hydrogen-bond acceptors (Lipinski definition) is 5. The smallest absolute Gasteiger partial charge is 0.257 e. The van der Waals surface area contributed by atoms with Crippen LogP contribution in [0.25, 0.3) is 0 Å². The number of carbonyl (C=O) groups excluding carboxylic acids is 2. The Balaban J connectivity index is 1.59. The van der Waals surface area contributed by atoms with Gasteiger partial charge in [-0.25, -0.2) is 0 Å². The van der Waals surface area contributed by atoms with Crippen LogP contribution in [0.1, 0.15) is 40.0 Å². The molecule has 0 atom stereocenters. The highest BCUT2D eigenvalue weighted by molar-refractivity contribution is 7.80. The van der Waals surface area contributed by atoms with Crippen LogP contribution in [0.2, 0.25) is 0 Å². The van der Waals surface area contributed by atoms with Crippen LogP contribution in [0, 0.1) is 0 Å². The van der Waals surface area contributed by atoms with Crippen molar-refractivity contribution < 1.29 is 19.1 Å². The molecule has 0 aliphatic carbocycles. The highest BCUT2D eigenvalue weighted by Gasteiger charge is 2.21. The zero-order valence-corrected chi connectivity index (χ0v) is 18.4. The van der Waals surface area contributed by atoms with Gasteiger partial charge >= 0.3 is 0 Å². The van der Waals surface area contributed by atoms with Gasteiger partial charge in [0.25, 0.3) is 11.8 Å². The van der Waals surface area contributed by atoms with E-state index in [9.17, 15) is 9.59 Å². The third-order valence-corrected chi connectivity index (χ3v) is 5.15. The average Bonchev–Trinajstić information content (AvgIpc) is 2.80. The Morgan fingerprint density at radius 2 is 1.71 bits per heavy atom. The fraction of sp³-hybridized carbons (Fsp3) is 0.348. The molecule has 1 aliphatic rings. The zero-order valence-electron chi connectivity index (χ0n) is 17.6. The lowest BCUT2D eigenvalue weighted by molar-refractivity contribution is 0.0725. The molecule has 0 bridgehead atoms. The number of amides is 2. The van der Waals surface area contributed by atoms with Gasteiger partial charge in [0.05, 0.1) is 17.9 Å². The molecule has 8 heteroatoms. The summed E-state index contributed by atoms with van der Waals surface area (Å²) in [6.45, 7) is 2.45. The molecule has 7 nitrogen and oxygen atoms in total. The maximum atomic E-state index is 12.9. The SMILES string of the molecule is COCCOc1ccc(C(=O)NC(=S)Nc2ccccc2C(=O)N2CCCCC2)cc1. The van der Waals surface area contributed by atoms with E-state index in [1.54, 1.807) is 43.5 Å². The number of likely N-dealkylation sites (tertiary alicyclic amines) is 1. The molecule has 0 unspecified atom stereocenters. The monoisotopic (exact) mass is 441 g/mol. The number of ether oxygens (including phenoxy) is 2. The molecule has 1 saturated heterocycles. The number of para-hydroxylation sites is 1. The Morgan fingerprint density at radius 1 is 1.00 bits per heavy atom. The fourth-order valence-electron chi connectivity index (χ4n) is 3.32. The third-order valence-electron chi connectivity index (χ3n) is 4.95. The number of benzene rings is 2. The fourth-order valence-corrected chi connectivity index (χ4v) is 3.52. The molecular weight excluding hydrogens is 414 g/mol. The number of nitrogens with one attached hydrogen (secondary N) is 2. The van der Waals surface area contributed by atoms with Gasteiger partial charge in [-0.3, -0.25) is 14.9 Å². The van der Waals surface area contributed by atoms with Crippen LogP contribution in [-0.2, 0) is 4.74 Å². The van der Waals surface area contributed by atoms with Crippen molar-refractivity contribution in [1.82, 2.24) is 10.2 Å². The van der Waals surface area contributed by atoms with Crippen molar-refractivity contribution >= 4 is 34.8 Å². The van der Waals surface area contributed by atoms with E-state index in [1.807, 2.05) is 17.0 Å². The molecule has 0 aromatic heterocycles. The van der Waals surface area contributed by atoms with E-state index in [2.05, 4.69) is 10.6 Å². The molecule has 164 valence electrons. The first-order valence-electron chi connectivity index (χ1n) is 10.3. The molecule has 2 aromatic rings. The first-order valence-corrected chi connectivity index (χ1v) is 10.7. The molecular formula is C23H27N3O4S. The number of hydrogen-bond donors (Lipinski definition) is 2. The summed E-state index contributed by atoms with van der Waals surface area (Å²) in [4.78, 5) is 27.3. The van der Waals surface area contributed by atoms with Crippen molar-refractivity contribution in [2.24, 2.45) is 0 Å². The predicted molar refractivity (Wildman–Crippen MR) is 124 cm³/mol. The van der Waals surface area contributed by atoms with Gasteiger partial charge in [0.15, 0.2) is 5.11 Å². The Hall–Kier alpha value is -2.97. The average molecular weight is 442 g/mol. The lowest BCUT2D eigenvalue weighted by atomic mass is 10.1. The molecule has 2 aromatic carbocycles. The van der Waals surface area contributed by atoms with Crippen molar-refractivity contribution in [3.63, 3.8) is 0 Å². The van der Waals surface area contributed by atoms with Crippen molar-refractivity contribution in [3.8, 4) is 5.75 Å². The van der Waals surface area contributed by atoms with Crippen LogP contribution >= 0.6 is 12.2 Å². The van der Waals surface area contributed by atoms with Gasteiger partial charge in [-0.05, 0) is 67.9 Å². The summed E-state index contributed by atoms with van der Waals surface area (Å²) in [5.41, 5.74) is 1.56. The zero-order chi connectivity index (χ0) is 22.1. The van der Waals surface area contributed by atoms with E-state index < -0.39 is 0 Å². The molecule has 0 radical (unpaired) electrons. The second-order valence-corrected chi connectivity index (χ2v) is 7.58. The van der Waals surface area contributed by atoms with Crippen molar-refractivity contribution in [2.75, 3.05) is 38.7 Å². The first kappa shape index (κ1) is 22.7. The van der Waals surface area contributed by atoms with Crippen LogP contribution < -0.4 is 15.4 Å². The first-order chi connectivity index (χ1) is 15.1. The van der Waals surface area contributed by atoms with Gasteiger partial charge in [-0.1, -0.05) is 12.1 Å². The molecule has 1 heterocycles. The molecule has 2 amide bonds. The molecule has 0 spiro atoms. The quantitative estimate of drug-likeness (QED) is 0.506. The summed E-state index contributed by atoms with van der Waals surface area (Å²) in [7, 11) is 1.61. The number of anilines is 1. The number of thiocarbonyl (C=S) groups is 1. The van der Waals surface area contributed by atoms with Crippen LogP contribution in [0.5, 0.6) is 5.75 Å². The van der Waals surface area contributed by atoms with E-state index in [4.69, 9.17) is 21.7 Å². The minimum atomic E-state index is -0.347. The molecule has 3 rings (SSSR count). The summed E-state index contributed by atoms with van der Waals surface area (Å²) < 4.78 is 10.4. The Morgan fingerprint density at radius 3 is 2.42 bits per heavy atom. The van der Waals surface area contributed by atoms with Gasteiger partial charge in [0, 0.05) is 25.8 Å². The van der Waals surface area contributed by atoms with Crippen LogP contribution in [0.3, 0.4) is 0 Å². The summed E-state index contributed by atoms with van der Waals surface area (Å²) in [6.07, 6.45) is 3.19. The number of rotatable bonds is 7. The minimum absolute atomic E-state index is 0.0269. The van der Waals surface area contributed by atoms with E-state index in [0.717, 1.165) is 32.4 Å². The third kappa shape index (κ3) is 6.50. The summed E-state index contributed by atoms with van der Waals surface area (Å²) >= 11 is 5.30. The summed E-state index contributed by atoms with van der Waals surface area (Å²) in [6, 6.07) is 13.9. The summed E-state index contributed by atoms with van der Waals surface area (Å²) in [5, 5.41) is 5.78. The number of piperidine rings is 1. The molecule has 31 heavy (non-hydrogen) atoms. The predicted octanol–water partition coefficient (Wildman–Crippen LogP) is 3.46. The Labute approximate surface area is 187 Å².